The SMILES string of the molecule is NC1(CN2CCCC2)CCNCC1. The van der Waals surface area contributed by atoms with E-state index in [9.17, 15) is 0 Å². The van der Waals surface area contributed by atoms with Gasteiger partial charge in [0.1, 0.15) is 0 Å². The molecule has 0 bridgehead atoms. The van der Waals surface area contributed by atoms with Gasteiger partial charge in [0.05, 0.1) is 0 Å². The van der Waals surface area contributed by atoms with Gasteiger partial charge in [0.15, 0.2) is 0 Å². The number of hydrogen-bond donors (Lipinski definition) is 2. The quantitative estimate of drug-likeness (QED) is 0.641. The minimum Gasteiger partial charge on any atom is -0.324 e. The van der Waals surface area contributed by atoms with E-state index >= 15 is 0 Å². The summed E-state index contributed by atoms with van der Waals surface area (Å²) in [6, 6.07) is 0. The van der Waals surface area contributed by atoms with Gasteiger partial charge in [-0.05, 0) is 51.9 Å². The number of rotatable bonds is 2. The molecular formula is C10H21N3. The zero-order valence-electron chi connectivity index (χ0n) is 8.39. The minimum absolute atomic E-state index is 0.107. The van der Waals surface area contributed by atoms with Crippen LogP contribution in [-0.4, -0.2) is 43.2 Å². The van der Waals surface area contributed by atoms with Gasteiger partial charge >= 0.3 is 0 Å². The Hall–Kier alpha value is -0.120. The van der Waals surface area contributed by atoms with Gasteiger partial charge in [0, 0.05) is 12.1 Å². The Kier molecular flexibility index (Phi) is 2.86. The summed E-state index contributed by atoms with van der Waals surface area (Å²) in [6.07, 6.45) is 5.02. The van der Waals surface area contributed by atoms with Crippen molar-refractivity contribution >= 4 is 0 Å². The van der Waals surface area contributed by atoms with Crippen molar-refractivity contribution in [3.8, 4) is 0 Å². The molecule has 0 atom stereocenters. The fourth-order valence-corrected chi connectivity index (χ4v) is 2.47. The van der Waals surface area contributed by atoms with Crippen molar-refractivity contribution in [3.05, 3.63) is 0 Å². The maximum atomic E-state index is 6.36. The molecule has 3 nitrogen and oxygen atoms in total. The molecule has 0 radical (unpaired) electrons. The third-order valence-corrected chi connectivity index (χ3v) is 3.34. The Morgan fingerprint density at radius 1 is 1.15 bits per heavy atom. The number of likely N-dealkylation sites (tertiary alicyclic amines) is 1. The van der Waals surface area contributed by atoms with Crippen LogP contribution < -0.4 is 11.1 Å². The predicted molar refractivity (Wildman–Crippen MR) is 54.7 cm³/mol. The molecule has 2 aliphatic heterocycles. The number of piperidine rings is 1. The highest BCUT2D eigenvalue weighted by atomic mass is 15.2. The largest absolute Gasteiger partial charge is 0.324 e. The molecule has 0 aromatic heterocycles. The second-order valence-electron chi connectivity index (χ2n) is 4.60. The summed E-state index contributed by atoms with van der Waals surface area (Å²) in [4.78, 5) is 2.53. The zero-order valence-corrected chi connectivity index (χ0v) is 8.39. The Bertz CT molecular complexity index is 158. The molecule has 0 aromatic carbocycles. The normalized spacial score (nSPS) is 29.3. The van der Waals surface area contributed by atoms with Crippen molar-refractivity contribution in [1.29, 1.82) is 0 Å². The van der Waals surface area contributed by atoms with Crippen LogP contribution in [0.5, 0.6) is 0 Å². The highest BCUT2D eigenvalue weighted by molar-refractivity contribution is 4.92. The van der Waals surface area contributed by atoms with Gasteiger partial charge in [-0.3, -0.25) is 0 Å². The molecule has 0 unspecified atom stereocenters. The lowest BCUT2D eigenvalue weighted by molar-refractivity contribution is 0.205. The molecule has 0 aromatic rings. The summed E-state index contributed by atoms with van der Waals surface area (Å²) >= 11 is 0. The highest BCUT2D eigenvalue weighted by Crippen LogP contribution is 2.19. The zero-order chi connectivity index (χ0) is 9.15. The van der Waals surface area contributed by atoms with E-state index in [0.717, 1.165) is 32.5 Å². The van der Waals surface area contributed by atoms with Crippen LogP contribution in [0.2, 0.25) is 0 Å². The van der Waals surface area contributed by atoms with E-state index in [0.29, 0.717) is 0 Å². The highest BCUT2D eigenvalue weighted by Gasteiger charge is 2.30. The topological polar surface area (TPSA) is 41.3 Å². The molecule has 0 amide bonds. The van der Waals surface area contributed by atoms with Crippen LogP contribution in [0.3, 0.4) is 0 Å². The molecule has 0 saturated carbocycles. The van der Waals surface area contributed by atoms with Gasteiger partial charge in [-0.1, -0.05) is 0 Å². The molecule has 3 N–H and O–H groups in total. The van der Waals surface area contributed by atoms with Crippen LogP contribution in [0.25, 0.3) is 0 Å². The van der Waals surface area contributed by atoms with Crippen molar-refractivity contribution in [2.75, 3.05) is 32.7 Å². The van der Waals surface area contributed by atoms with Crippen molar-refractivity contribution < 1.29 is 0 Å². The van der Waals surface area contributed by atoms with Crippen molar-refractivity contribution in [1.82, 2.24) is 10.2 Å². The Labute approximate surface area is 80.7 Å². The summed E-state index contributed by atoms with van der Waals surface area (Å²) in [5.74, 6) is 0. The van der Waals surface area contributed by atoms with Gasteiger partial charge < -0.3 is 16.0 Å². The molecule has 2 aliphatic rings. The lowest BCUT2D eigenvalue weighted by Crippen LogP contribution is -2.55. The molecule has 0 spiro atoms. The minimum atomic E-state index is 0.107. The maximum Gasteiger partial charge on any atom is 0.0307 e. The first kappa shape index (κ1) is 9.44. The van der Waals surface area contributed by atoms with Gasteiger partial charge in [0.25, 0.3) is 0 Å². The van der Waals surface area contributed by atoms with Crippen LogP contribution in [0, 0.1) is 0 Å². The first-order valence-electron chi connectivity index (χ1n) is 5.51. The Morgan fingerprint density at radius 3 is 2.38 bits per heavy atom. The van der Waals surface area contributed by atoms with E-state index in [1.165, 1.54) is 25.9 Å². The summed E-state index contributed by atoms with van der Waals surface area (Å²) in [6.45, 7) is 5.86. The first-order chi connectivity index (χ1) is 6.29. The molecule has 13 heavy (non-hydrogen) atoms. The number of hydrogen-bond acceptors (Lipinski definition) is 3. The third-order valence-electron chi connectivity index (χ3n) is 3.34. The van der Waals surface area contributed by atoms with Crippen LogP contribution in [-0.2, 0) is 0 Å². The van der Waals surface area contributed by atoms with E-state index in [4.69, 9.17) is 5.73 Å². The van der Waals surface area contributed by atoms with E-state index < -0.39 is 0 Å². The maximum absolute atomic E-state index is 6.36. The molecule has 0 aliphatic carbocycles. The summed E-state index contributed by atoms with van der Waals surface area (Å²) < 4.78 is 0. The lowest BCUT2D eigenvalue weighted by Gasteiger charge is -2.37. The van der Waals surface area contributed by atoms with E-state index in [2.05, 4.69) is 10.2 Å². The second kappa shape index (κ2) is 3.95. The lowest BCUT2D eigenvalue weighted by atomic mass is 9.89. The average Bonchev–Trinajstić information content (AvgIpc) is 2.57. The smallest absolute Gasteiger partial charge is 0.0307 e. The molecule has 2 heterocycles. The Morgan fingerprint density at radius 2 is 1.77 bits per heavy atom. The number of nitrogens with zero attached hydrogens (tertiary/aromatic N) is 1. The third kappa shape index (κ3) is 2.42. The molecule has 3 heteroatoms. The predicted octanol–water partition coefficient (Wildman–Crippen LogP) is 0.163. The van der Waals surface area contributed by atoms with E-state index in [1.807, 2.05) is 0 Å². The number of nitrogens with one attached hydrogen (secondary N) is 1. The van der Waals surface area contributed by atoms with Crippen LogP contribution in [0.4, 0.5) is 0 Å². The Balaban J connectivity index is 1.83. The van der Waals surface area contributed by atoms with Crippen molar-refractivity contribution in [2.24, 2.45) is 5.73 Å². The van der Waals surface area contributed by atoms with Gasteiger partial charge in [-0.25, -0.2) is 0 Å². The average molecular weight is 183 g/mol. The van der Waals surface area contributed by atoms with Crippen molar-refractivity contribution in [3.63, 3.8) is 0 Å². The van der Waals surface area contributed by atoms with Crippen LogP contribution in [0.1, 0.15) is 25.7 Å². The monoisotopic (exact) mass is 183 g/mol. The first-order valence-corrected chi connectivity index (χ1v) is 5.51. The second-order valence-corrected chi connectivity index (χ2v) is 4.60. The standard InChI is InChI=1S/C10H21N3/c11-10(3-5-12-6-4-10)9-13-7-1-2-8-13/h12H,1-9,11H2. The summed E-state index contributed by atoms with van der Waals surface area (Å²) in [7, 11) is 0. The van der Waals surface area contributed by atoms with Gasteiger partial charge in [-0.2, -0.15) is 0 Å². The van der Waals surface area contributed by atoms with E-state index in [-0.39, 0.29) is 5.54 Å². The molecule has 2 fully saturated rings. The van der Waals surface area contributed by atoms with Gasteiger partial charge in [-0.15, -0.1) is 0 Å². The molecular weight excluding hydrogens is 162 g/mol. The molecule has 76 valence electrons. The van der Waals surface area contributed by atoms with Gasteiger partial charge in [0.2, 0.25) is 0 Å². The molecule has 2 rings (SSSR count). The van der Waals surface area contributed by atoms with E-state index in [1.54, 1.807) is 0 Å². The van der Waals surface area contributed by atoms with Crippen molar-refractivity contribution in [2.45, 2.75) is 31.2 Å². The van der Waals surface area contributed by atoms with Crippen LogP contribution in [0.15, 0.2) is 0 Å². The summed E-state index contributed by atoms with van der Waals surface area (Å²) in [5.41, 5.74) is 6.46. The fraction of sp³-hybridized carbons (Fsp3) is 1.00. The number of nitrogens with two attached hydrogens (primary N) is 1. The van der Waals surface area contributed by atoms with Crippen LogP contribution >= 0.6 is 0 Å². The molecule has 2 saturated heterocycles. The fourth-order valence-electron chi connectivity index (χ4n) is 2.47. The summed E-state index contributed by atoms with van der Waals surface area (Å²) in [5, 5.41) is 3.37.